The van der Waals surface area contributed by atoms with E-state index in [1.54, 1.807) is 12.3 Å². The van der Waals surface area contributed by atoms with Crippen molar-refractivity contribution in [2.45, 2.75) is 32.6 Å². The van der Waals surface area contributed by atoms with Gasteiger partial charge in [0.05, 0.1) is 0 Å². The van der Waals surface area contributed by atoms with Crippen molar-refractivity contribution in [3.8, 4) is 0 Å². The van der Waals surface area contributed by atoms with E-state index in [4.69, 9.17) is 0 Å². The van der Waals surface area contributed by atoms with E-state index in [1.807, 2.05) is 15.9 Å². The maximum atomic E-state index is 12.6. The van der Waals surface area contributed by atoms with Crippen molar-refractivity contribution in [2.75, 3.05) is 26.2 Å². The van der Waals surface area contributed by atoms with Crippen LogP contribution in [-0.4, -0.2) is 52.8 Å². The number of carbonyl (C=O) groups is 2. The Balaban J connectivity index is 1.50. The standard InChI is InChI=1S/C21H27N3O2/c1-2-17-6-8-18(9-7-17)10-11-20(25)23-13-4-14-24(16-15-23)21(26)19-5-3-12-22-19/h3,5-9,12,22H,2,4,10-11,13-16H2,1H3. The monoisotopic (exact) mass is 353 g/mol. The summed E-state index contributed by atoms with van der Waals surface area (Å²) in [5, 5.41) is 0. The molecule has 5 heteroatoms. The third-order valence-electron chi connectivity index (χ3n) is 5.02. The van der Waals surface area contributed by atoms with Gasteiger partial charge in [-0.2, -0.15) is 0 Å². The fourth-order valence-electron chi connectivity index (χ4n) is 3.35. The fourth-order valence-corrected chi connectivity index (χ4v) is 3.35. The molecular weight excluding hydrogens is 326 g/mol. The van der Waals surface area contributed by atoms with Crippen molar-refractivity contribution in [1.29, 1.82) is 0 Å². The highest BCUT2D eigenvalue weighted by atomic mass is 16.2. The largest absolute Gasteiger partial charge is 0.357 e. The summed E-state index contributed by atoms with van der Waals surface area (Å²) in [6.07, 6.45) is 4.91. The number of amides is 2. The number of nitrogens with one attached hydrogen (secondary N) is 1. The molecule has 1 fully saturated rings. The van der Waals surface area contributed by atoms with Crippen molar-refractivity contribution in [3.05, 3.63) is 59.4 Å². The maximum absolute atomic E-state index is 12.6. The summed E-state index contributed by atoms with van der Waals surface area (Å²) in [4.78, 5) is 31.7. The van der Waals surface area contributed by atoms with Crippen LogP contribution in [0.25, 0.3) is 0 Å². The Kier molecular flexibility index (Phi) is 6.10. The molecular formula is C21H27N3O2. The van der Waals surface area contributed by atoms with Crippen LogP contribution >= 0.6 is 0 Å². The maximum Gasteiger partial charge on any atom is 0.270 e. The van der Waals surface area contributed by atoms with Gasteiger partial charge in [0.15, 0.2) is 0 Å². The van der Waals surface area contributed by atoms with Gasteiger partial charge in [0.1, 0.15) is 5.69 Å². The van der Waals surface area contributed by atoms with Crippen LogP contribution < -0.4 is 0 Å². The van der Waals surface area contributed by atoms with Gasteiger partial charge in [0.2, 0.25) is 5.91 Å². The molecule has 0 spiro atoms. The summed E-state index contributed by atoms with van der Waals surface area (Å²) < 4.78 is 0. The molecule has 0 unspecified atom stereocenters. The molecule has 2 heterocycles. The summed E-state index contributed by atoms with van der Waals surface area (Å²) in [7, 11) is 0. The predicted octanol–water partition coefficient (Wildman–Crippen LogP) is 2.88. The molecule has 1 saturated heterocycles. The van der Waals surface area contributed by atoms with Crippen molar-refractivity contribution in [2.24, 2.45) is 0 Å². The molecule has 5 nitrogen and oxygen atoms in total. The van der Waals surface area contributed by atoms with Gasteiger partial charge < -0.3 is 14.8 Å². The van der Waals surface area contributed by atoms with E-state index in [0.717, 1.165) is 25.8 Å². The van der Waals surface area contributed by atoms with Gasteiger partial charge in [-0.25, -0.2) is 0 Å². The summed E-state index contributed by atoms with van der Waals surface area (Å²) in [5.41, 5.74) is 3.13. The van der Waals surface area contributed by atoms with Crippen LogP contribution in [0.4, 0.5) is 0 Å². The molecule has 1 N–H and O–H groups in total. The lowest BCUT2D eigenvalue weighted by Crippen LogP contribution is -2.37. The summed E-state index contributed by atoms with van der Waals surface area (Å²) in [6.45, 7) is 4.76. The number of benzene rings is 1. The molecule has 2 aromatic rings. The number of carbonyl (C=O) groups excluding carboxylic acids is 2. The van der Waals surface area contributed by atoms with E-state index in [1.165, 1.54) is 11.1 Å². The second-order valence-corrected chi connectivity index (χ2v) is 6.78. The normalized spacial score (nSPS) is 15.0. The average molecular weight is 353 g/mol. The number of aryl methyl sites for hydroxylation is 2. The average Bonchev–Trinajstić information content (AvgIpc) is 3.10. The third kappa shape index (κ3) is 4.54. The Hall–Kier alpha value is -2.56. The zero-order chi connectivity index (χ0) is 18.4. The number of hydrogen-bond acceptors (Lipinski definition) is 2. The second kappa shape index (κ2) is 8.70. The van der Waals surface area contributed by atoms with Crippen LogP contribution in [0.5, 0.6) is 0 Å². The molecule has 1 aromatic heterocycles. The number of hydrogen-bond donors (Lipinski definition) is 1. The van der Waals surface area contributed by atoms with E-state index in [-0.39, 0.29) is 11.8 Å². The molecule has 0 saturated carbocycles. The predicted molar refractivity (Wildman–Crippen MR) is 102 cm³/mol. The molecule has 1 aliphatic heterocycles. The number of H-pyrrole nitrogens is 1. The zero-order valence-electron chi connectivity index (χ0n) is 15.4. The van der Waals surface area contributed by atoms with Crippen molar-refractivity contribution in [1.82, 2.24) is 14.8 Å². The third-order valence-corrected chi connectivity index (χ3v) is 5.02. The van der Waals surface area contributed by atoms with Gasteiger partial charge in [-0.3, -0.25) is 9.59 Å². The number of aromatic amines is 1. The first-order chi connectivity index (χ1) is 12.7. The van der Waals surface area contributed by atoms with Crippen LogP contribution in [0.2, 0.25) is 0 Å². The number of rotatable bonds is 5. The Morgan fingerprint density at radius 3 is 2.35 bits per heavy atom. The quantitative estimate of drug-likeness (QED) is 0.899. The first-order valence-corrected chi connectivity index (χ1v) is 9.45. The smallest absolute Gasteiger partial charge is 0.270 e. The molecule has 1 aromatic carbocycles. The lowest BCUT2D eigenvalue weighted by atomic mass is 10.1. The van der Waals surface area contributed by atoms with Crippen LogP contribution in [0.3, 0.4) is 0 Å². The van der Waals surface area contributed by atoms with Gasteiger partial charge in [0.25, 0.3) is 5.91 Å². The van der Waals surface area contributed by atoms with Crippen LogP contribution in [0.1, 0.15) is 41.4 Å². The molecule has 0 radical (unpaired) electrons. The Labute approximate surface area is 155 Å². The van der Waals surface area contributed by atoms with Crippen molar-refractivity contribution in [3.63, 3.8) is 0 Å². The highest BCUT2D eigenvalue weighted by Crippen LogP contribution is 2.12. The van der Waals surface area contributed by atoms with Crippen LogP contribution in [-0.2, 0) is 17.6 Å². The highest BCUT2D eigenvalue weighted by molar-refractivity contribution is 5.92. The molecule has 0 atom stereocenters. The minimum absolute atomic E-state index is 0.0142. The minimum atomic E-state index is 0.0142. The van der Waals surface area contributed by atoms with E-state index in [9.17, 15) is 9.59 Å². The Morgan fingerprint density at radius 1 is 0.962 bits per heavy atom. The van der Waals surface area contributed by atoms with Gasteiger partial charge in [0, 0.05) is 38.8 Å². The minimum Gasteiger partial charge on any atom is -0.357 e. The van der Waals surface area contributed by atoms with E-state index >= 15 is 0 Å². The molecule has 26 heavy (non-hydrogen) atoms. The Bertz CT molecular complexity index is 722. The first-order valence-electron chi connectivity index (χ1n) is 9.45. The summed E-state index contributed by atoms with van der Waals surface area (Å²) in [5.74, 6) is 0.194. The molecule has 0 bridgehead atoms. The molecule has 3 rings (SSSR count). The van der Waals surface area contributed by atoms with Gasteiger partial charge in [-0.1, -0.05) is 31.2 Å². The molecule has 2 amide bonds. The lowest BCUT2D eigenvalue weighted by molar-refractivity contribution is -0.131. The Morgan fingerprint density at radius 2 is 1.65 bits per heavy atom. The second-order valence-electron chi connectivity index (χ2n) is 6.78. The first kappa shape index (κ1) is 18.2. The molecule has 138 valence electrons. The van der Waals surface area contributed by atoms with Gasteiger partial charge >= 0.3 is 0 Å². The van der Waals surface area contributed by atoms with Crippen molar-refractivity contribution >= 4 is 11.8 Å². The van der Waals surface area contributed by atoms with E-state index in [2.05, 4.69) is 36.2 Å². The van der Waals surface area contributed by atoms with Crippen LogP contribution in [0.15, 0.2) is 42.6 Å². The van der Waals surface area contributed by atoms with Crippen LogP contribution in [0, 0.1) is 0 Å². The number of nitrogens with zero attached hydrogens (tertiary/aromatic N) is 2. The molecule has 0 aliphatic carbocycles. The molecule has 1 aliphatic rings. The highest BCUT2D eigenvalue weighted by Gasteiger charge is 2.23. The zero-order valence-corrected chi connectivity index (χ0v) is 15.4. The SMILES string of the molecule is CCc1ccc(CCC(=O)N2CCCN(C(=O)c3ccc[nH]3)CC2)cc1. The summed E-state index contributed by atoms with van der Waals surface area (Å²) >= 11 is 0. The lowest BCUT2D eigenvalue weighted by Gasteiger charge is -2.22. The van der Waals surface area contributed by atoms with Crippen molar-refractivity contribution < 1.29 is 9.59 Å². The fraction of sp³-hybridized carbons (Fsp3) is 0.429. The van der Waals surface area contributed by atoms with E-state index < -0.39 is 0 Å². The van der Waals surface area contributed by atoms with Gasteiger partial charge in [-0.05, 0) is 42.5 Å². The number of aromatic nitrogens is 1. The summed E-state index contributed by atoms with van der Waals surface area (Å²) in [6, 6.07) is 12.1. The van der Waals surface area contributed by atoms with Gasteiger partial charge in [-0.15, -0.1) is 0 Å². The topological polar surface area (TPSA) is 56.4 Å². The van der Waals surface area contributed by atoms with E-state index in [0.29, 0.717) is 31.7 Å².